The van der Waals surface area contributed by atoms with E-state index in [1.165, 1.54) is 26.4 Å². The van der Waals surface area contributed by atoms with Crippen molar-refractivity contribution in [3.05, 3.63) is 22.7 Å². The molecule has 0 saturated carbocycles. The van der Waals surface area contributed by atoms with Gasteiger partial charge in [0.25, 0.3) is 0 Å². The number of urea groups is 1. The van der Waals surface area contributed by atoms with E-state index in [0.29, 0.717) is 25.4 Å². The third-order valence-corrected chi connectivity index (χ3v) is 5.42. The molecule has 1 aromatic carbocycles. The Kier molecular flexibility index (Phi) is 7.91. The van der Waals surface area contributed by atoms with Crippen molar-refractivity contribution in [2.45, 2.75) is 25.8 Å². The number of ether oxygens (including phenoxy) is 3. The van der Waals surface area contributed by atoms with E-state index in [2.05, 4.69) is 29.4 Å². The van der Waals surface area contributed by atoms with Crippen molar-refractivity contribution in [3.63, 3.8) is 0 Å². The molecule has 2 N–H and O–H groups in total. The van der Waals surface area contributed by atoms with Gasteiger partial charge in [-0.3, -0.25) is 4.90 Å². The maximum absolute atomic E-state index is 12.4. The van der Waals surface area contributed by atoms with Crippen molar-refractivity contribution in [2.24, 2.45) is 0 Å². The summed E-state index contributed by atoms with van der Waals surface area (Å²) in [5.41, 5.74) is 0.359. The Morgan fingerprint density at radius 1 is 1.29 bits per heavy atom. The highest BCUT2D eigenvalue weighted by molar-refractivity contribution is 6.34. The van der Waals surface area contributed by atoms with Gasteiger partial charge in [-0.1, -0.05) is 18.5 Å². The number of nitrogens with one attached hydrogen (secondary N) is 2. The number of nitrogens with zero attached hydrogens (tertiary/aromatic N) is 1. The molecule has 0 aliphatic carbocycles. The summed E-state index contributed by atoms with van der Waals surface area (Å²) in [6, 6.07) is 2.52. The first-order valence-corrected chi connectivity index (χ1v) is 9.56. The molecule has 156 valence electrons. The normalized spacial score (nSPS) is 16.8. The number of rotatable bonds is 7. The number of benzene rings is 1. The van der Waals surface area contributed by atoms with E-state index in [0.717, 1.165) is 19.5 Å². The first-order valence-electron chi connectivity index (χ1n) is 9.18. The molecule has 0 spiro atoms. The van der Waals surface area contributed by atoms with Crippen LogP contribution in [0.2, 0.25) is 5.02 Å². The summed E-state index contributed by atoms with van der Waals surface area (Å²) in [5.74, 6) is -0.308. The van der Waals surface area contributed by atoms with Crippen LogP contribution in [0.3, 0.4) is 0 Å². The fourth-order valence-corrected chi connectivity index (χ4v) is 3.30. The zero-order valence-corrected chi connectivity index (χ0v) is 17.5. The van der Waals surface area contributed by atoms with Gasteiger partial charge >= 0.3 is 12.0 Å². The number of carbonyl (C=O) groups is 2. The molecule has 1 fully saturated rings. The van der Waals surface area contributed by atoms with E-state index in [4.69, 9.17) is 25.8 Å². The molecule has 0 aromatic heterocycles. The van der Waals surface area contributed by atoms with Crippen LogP contribution in [0, 0.1) is 0 Å². The fourth-order valence-electron chi connectivity index (χ4n) is 3.09. The number of halogens is 1. The Labute approximate surface area is 170 Å². The minimum absolute atomic E-state index is 0.169. The van der Waals surface area contributed by atoms with Crippen LogP contribution >= 0.6 is 11.6 Å². The van der Waals surface area contributed by atoms with Crippen LogP contribution in [0.5, 0.6) is 5.75 Å². The largest absolute Gasteiger partial charge is 0.496 e. The van der Waals surface area contributed by atoms with Gasteiger partial charge in [0.2, 0.25) is 0 Å². The molecular weight excluding hydrogens is 386 g/mol. The van der Waals surface area contributed by atoms with Crippen LogP contribution in [0.1, 0.15) is 30.6 Å². The monoisotopic (exact) mass is 413 g/mol. The number of hydrogen-bond acceptors (Lipinski definition) is 6. The van der Waals surface area contributed by atoms with E-state index in [-0.39, 0.29) is 27.9 Å². The van der Waals surface area contributed by atoms with Gasteiger partial charge in [-0.05, 0) is 19.4 Å². The molecule has 2 amide bonds. The van der Waals surface area contributed by atoms with Crippen LogP contribution < -0.4 is 15.4 Å². The summed E-state index contributed by atoms with van der Waals surface area (Å²) in [4.78, 5) is 26.6. The molecule has 0 radical (unpaired) electrons. The lowest BCUT2D eigenvalue weighted by Crippen LogP contribution is -2.57. The minimum atomic E-state index is -0.570. The lowest BCUT2D eigenvalue weighted by molar-refractivity contribution is -0.0163. The molecule has 1 saturated heterocycles. The third-order valence-electron chi connectivity index (χ3n) is 5.11. The second-order valence-corrected chi connectivity index (χ2v) is 7.19. The highest BCUT2D eigenvalue weighted by atomic mass is 35.5. The summed E-state index contributed by atoms with van der Waals surface area (Å²) in [6.45, 7) is 7.77. The molecular formula is C19H28ClN3O5. The molecule has 1 aliphatic rings. The smallest absolute Gasteiger partial charge is 0.341 e. The van der Waals surface area contributed by atoms with Gasteiger partial charge in [-0.15, -0.1) is 0 Å². The number of carbonyl (C=O) groups excluding carboxylic acids is 2. The lowest BCUT2D eigenvalue weighted by atomic mass is 9.95. The summed E-state index contributed by atoms with van der Waals surface area (Å²) in [6.07, 6.45) is 0.885. The minimum Gasteiger partial charge on any atom is -0.496 e. The van der Waals surface area contributed by atoms with Crippen molar-refractivity contribution < 1.29 is 23.8 Å². The second kappa shape index (κ2) is 9.95. The average Bonchev–Trinajstić information content (AvgIpc) is 2.73. The summed E-state index contributed by atoms with van der Waals surface area (Å²) in [7, 11) is 2.70. The van der Waals surface area contributed by atoms with Crippen molar-refractivity contribution in [3.8, 4) is 5.75 Å². The Morgan fingerprint density at radius 2 is 1.96 bits per heavy atom. The van der Waals surface area contributed by atoms with E-state index in [9.17, 15) is 9.59 Å². The standard InChI is InChI=1S/C19H28ClN3O5/c1-5-19(2,23-6-8-28-9-7-23)12-21-18(25)22-15-11-16(26-3)13(10-14(15)20)17(24)27-4/h10-11H,5-9,12H2,1-4H3,(H2,21,22,25)/t19-/m1/s1. The third kappa shape index (κ3) is 5.27. The zero-order chi connectivity index (χ0) is 20.7. The zero-order valence-electron chi connectivity index (χ0n) is 16.8. The molecule has 8 nitrogen and oxygen atoms in total. The van der Waals surface area contributed by atoms with E-state index >= 15 is 0 Å². The SMILES string of the molecule is CC[C@](C)(CNC(=O)Nc1cc(OC)c(C(=O)OC)cc1Cl)N1CCOCC1. The van der Waals surface area contributed by atoms with Gasteiger partial charge in [-0.2, -0.15) is 0 Å². The van der Waals surface area contributed by atoms with Gasteiger partial charge in [0, 0.05) is 31.2 Å². The van der Waals surface area contributed by atoms with Gasteiger partial charge in [-0.25, -0.2) is 9.59 Å². The van der Waals surface area contributed by atoms with Gasteiger partial charge in [0.1, 0.15) is 11.3 Å². The van der Waals surface area contributed by atoms with E-state index in [1.807, 2.05) is 0 Å². The fraction of sp³-hybridized carbons (Fsp3) is 0.579. The summed E-state index contributed by atoms with van der Waals surface area (Å²) < 4.78 is 15.3. The van der Waals surface area contributed by atoms with E-state index in [1.54, 1.807) is 0 Å². The molecule has 1 aromatic rings. The van der Waals surface area contributed by atoms with Gasteiger partial charge in [0.15, 0.2) is 0 Å². The van der Waals surface area contributed by atoms with Gasteiger partial charge < -0.3 is 24.8 Å². The lowest BCUT2D eigenvalue weighted by Gasteiger charge is -2.43. The highest BCUT2D eigenvalue weighted by Crippen LogP contribution is 2.31. The molecule has 1 atom stereocenters. The van der Waals surface area contributed by atoms with Crippen molar-refractivity contribution in [1.29, 1.82) is 0 Å². The first kappa shape index (κ1) is 22.3. The Morgan fingerprint density at radius 3 is 2.54 bits per heavy atom. The van der Waals surface area contributed by atoms with Crippen LogP contribution in [0.4, 0.5) is 10.5 Å². The number of amides is 2. The Balaban J connectivity index is 2.05. The number of methoxy groups -OCH3 is 2. The number of hydrogen-bond donors (Lipinski definition) is 2. The molecule has 1 aliphatic heterocycles. The maximum Gasteiger partial charge on any atom is 0.341 e. The van der Waals surface area contributed by atoms with Crippen LogP contribution in [-0.2, 0) is 9.47 Å². The summed E-state index contributed by atoms with van der Waals surface area (Å²) in [5, 5.41) is 5.83. The topological polar surface area (TPSA) is 89.1 Å². The van der Waals surface area contributed by atoms with Gasteiger partial charge in [0.05, 0.1) is 38.1 Å². The molecule has 9 heteroatoms. The number of anilines is 1. The number of esters is 1. The predicted octanol–water partition coefficient (Wildman–Crippen LogP) is 2.76. The van der Waals surface area contributed by atoms with Crippen LogP contribution in [0.15, 0.2) is 12.1 Å². The highest BCUT2D eigenvalue weighted by Gasteiger charge is 2.31. The second-order valence-electron chi connectivity index (χ2n) is 6.78. The molecule has 2 rings (SSSR count). The Hall–Kier alpha value is -2.03. The quantitative estimate of drug-likeness (QED) is 0.668. The van der Waals surface area contributed by atoms with Crippen molar-refractivity contribution in [1.82, 2.24) is 10.2 Å². The van der Waals surface area contributed by atoms with E-state index < -0.39 is 5.97 Å². The molecule has 1 heterocycles. The maximum atomic E-state index is 12.4. The van der Waals surface area contributed by atoms with Crippen LogP contribution in [0.25, 0.3) is 0 Å². The molecule has 28 heavy (non-hydrogen) atoms. The predicted molar refractivity (Wildman–Crippen MR) is 107 cm³/mol. The molecule has 0 bridgehead atoms. The molecule has 0 unspecified atom stereocenters. The van der Waals surface area contributed by atoms with Crippen molar-refractivity contribution in [2.75, 3.05) is 52.4 Å². The summed E-state index contributed by atoms with van der Waals surface area (Å²) >= 11 is 6.21. The van der Waals surface area contributed by atoms with Crippen molar-refractivity contribution >= 4 is 29.3 Å². The number of morpholine rings is 1. The average molecular weight is 414 g/mol. The van der Waals surface area contributed by atoms with Crippen LogP contribution in [-0.4, -0.2) is 69.5 Å². The Bertz CT molecular complexity index is 709. The first-order chi connectivity index (χ1) is 13.3.